The molecule has 0 heterocycles. The lowest BCUT2D eigenvalue weighted by Crippen LogP contribution is -2.29. The number of hydrogen-bond acceptors (Lipinski definition) is 3. The molecule has 6 heteroatoms. The number of nitrogens with zero attached hydrogens (tertiary/aromatic N) is 1. The van der Waals surface area contributed by atoms with Crippen LogP contribution in [0.4, 0.5) is 5.69 Å². The van der Waals surface area contributed by atoms with E-state index < -0.39 is 0 Å². The fourth-order valence-corrected chi connectivity index (χ4v) is 3.30. The smallest absolute Gasteiger partial charge is 0.256 e. The molecule has 0 aliphatic heterocycles. The Hall–Kier alpha value is -3.93. The van der Waals surface area contributed by atoms with Gasteiger partial charge in [0.15, 0.2) is 0 Å². The van der Waals surface area contributed by atoms with E-state index in [9.17, 15) is 14.4 Å². The zero-order valence-corrected chi connectivity index (χ0v) is 18.3. The highest BCUT2D eigenvalue weighted by molar-refractivity contribution is 6.03. The second kappa shape index (κ2) is 10.9. The zero-order valence-electron chi connectivity index (χ0n) is 18.3. The van der Waals surface area contributed by atoms with Crippen molar-refractivity contribution in [3.8, 4) is 0 Å². The van der Waals surface area contributed by atoms with Gasteiger partial charge in [-0.1, -0.05) is 60.2 Å². The van der Waals surface area contributed by atoms with Crippen molar-refractivity contribution in [3.63, 3.8) is 0 Å². The SMILES string of the molecule is Cc1cccc(C(=O)NCCC(=O)Nc2ccccc2C(=O)N(C)Cc2ccccc2)c1. The van der Waals surface area contributed by atoms with E-state index in [1.54, 1.807) is 48.3 Å². The van der Waals surface area contributed by atoms with Gasteiger partial charge in [-0.05, 0) is 36.8 Å². The van der Waals surface area contributed by atoms with Gasteiger partial charge in [0.2, 0.25) is 5.91 Å². The molecule has 0 radical (unpaired) electrons. The average molecular weight is 430 g/mol. The molecular formula is C26H27N3O3. The number of amides is 3. The molecule has 0 saturated carbocycles. The molecule has 0 aromatic heterocycles. The van der Waals surface area contributed by atoms with Crippen LogP contribution in [0.3, 0.4) is 0 Å². The lowest BCUT2D eigenvalue weighted by atomic mass is 10.1. The maximum Gasteiger partial charge on any atom is 0.256 e. The van der Waals surface area contributed by atoms with Crippen LogP contribution >= 0.6 is 0 Å². The van der Waals surface area contributed by atoms with Crippen LogP contribution in [0.2, 0.25) is 0 Å². The lowest BCUT2D eigenvalue weighted by Gasteiger charge is -2.19. The summed E-state index contributed by atoms with van der Waals surface area (Å²) in [6.45, 7) is 2.58. The van der Waals surface area contributed by atoms with Crippen LogP contribution in [0.15, 0.2) is 78.9 Å². The third-order valence-electron chi connectivity index (χ3n) is 4.96. The first-order valence-electron chi connectivity index (χ1n) is 10.5. The molecule has 0 fully saturated rings. The van der Waals surface area contributed by atoms with Gasteiger partial charge < -0.3 is 15.5 Å². The van der Waals surface area contributed by atoms with Gasteiger partial charge in [0.25, 0.3) is 11.8 Å². The molecule has 0 spiro atoms. The van der Waals surface area contributed by atoms with E-state index in [4.69, 9.17) is 0 Å². The minimum atomic E-state index is -0.277. The first-order chi connectivity index (χ1) is 15.4. The number of hydrogen-bond donors (Lipinski definition) is 2. The molecule has 0 atom stereocenters. The summed E-state index contributed by atoms with van der Waals surface area (Å²) in [6, 6.07) is 23.9. The van der Waals surface area contributed by atoms with Gasteiger partial charge in [-0.15, -0.1) is 0 Å². The van der Waals surface area contributed by atoms with E-state index in [1.165, 1.54) is 0 Å². The van der Waals surface area contributed by atoms with Gasteiger partial charge in [-0.3, -0.25) is 14.4 Å². The van der Waals surface area contributed by atoms with Gasteiger partial charge in [0.1, 0.15) is 0 Å². The van der Waals surface area contributed by atoms with Crippen molar-refractivity contribution in [1.29, 1.82) is 0 Å². The van der Waals surface area contributed by atoms with E-state index in [2.05, 4.69) is 10.6 Å². The van der Waals surface area contributed by atoms with Crippen molar-refractivity contribution in [2.75, 3.05) is 18.9 Å². The van der Waals surface area contributed by atoms with E-state index >= 15 is 0 Å². The second-order valence-electron chi connectivity index (χ2n) is 7.62. The van der Waals surface area contributed by atoms with Crippen molar-refractivity contribution in [3.05, 3.63) is 101 Å². The number of carbonyl (C=O) groups excluding carboxylic acids is 3. The summed E-state index contributed by atoms with van der Waals surface area (Å²) in [5, 5.41) is 5.55. The Labute approximate surface area is 188 Å². The standard InChI is InChI=1S/C26H27N3O3/c1-19-9-8-12-21(17-19)25(31)27-16-15-24(30)28-23-14-7-6-13-22(23)26(32)29(2)18-20-10-4-3-5-11-20/h3-14,17H,15-16,18H2,1-2H3,(H,27,31)(H,28,30). The molecule has 2 N–H and O–H groups in total. The summed E-state index contributed by atoms with van der Waals surface area (Å²) in [7, 11) is 1.73. The van der Waals surface area contributed by atoms with E-state index in [-0.39, 0.29) is 30.7 Å². The van der Waals surface area contributed by atoms with Gasteiger partial charge in [-0.25, -0.2) is 0 Å². The fourth-order valence-electron chi connectivity index (χ4n) is 3.30. The molecule has 0 unspecified atom stereocenters. The van der Waals surface area contributed by atoms with Crippen LogP contribution in [0, 0.1) is 6.92 Å². The van der Waals surface area contributed by atoms with E-state index in [1.807, 2.05) is 49.4 Å². The van der Waals surface area contributed by atoms with Gasteiger partial charge in [-0.2, -0.15) is 0 Å². The summed E-state index contributed by atoms with van der Waals surface area (Å²) in [5.74, 6) is -0.683. The minimum absolute atomic E-state index is 0.0972. The number of anilines is 1. The monoisotopic (exact) mass is 429 g/mol. The van der Waals surface area contributed by atoms with Gasteiger partial charge in [0.05, 0.1) is 11.3 Å². The minimum Gasteiger partial charge on any atom is -0.352 e. The summed E-state index contributed by atoms with van der Waals surface area (Å²) in [6.07, 6.45) is 0.0972. The molecule has 3 aromatic rings. The third kappa shape index (κ3) is 6.28. The molecule has 0 saturated heterocycles. The van der Waals surface area contributed by atoms with Crippen LogP contribution < -0.4 is 10.6 Å². The zero-order chi connectivity index (χ0) is 22.9. The maximum atomic E-state index is 13.0. The van der Waals surface area contributed by atoms with Crippen LogP contribution in [0.25, 0.3) is 0 Å². The Morgan fingerprint density at radius 1 is 0.875 bits per heavy atom. The number of carbonyl (C=O) groups is 3. The number of para-hydroxylation sites is 1. The Morgan fingerprint density at radius 3 is 2.34 bits per heavy atom. The molecule has 0 aliphatic carbocycles. The summed E-state index contributed by atoms with van der Waals surface area (Å²) in [5.41, 5.74) is 3.45. The summed E-state index contributed by atoms with van der Waals surface area (Å²) >= 11 is 0. The quantitative estimate of drug-likeness (QED) is 0.568. The van der Waals surface area contributed by atoms with Crippen LogP contribution in [-0.4, -0.2) is 36.2 Å². The topological polar surface area (TPSA) is 78.5 Å². The first kappa shape index (κ1) is 22.7. The van der Waals surface area contributed by atoms with Gasteiger partial charge >= 0.3 is 0 Å². The van der Waals surface area contributed by atoms with Crippen molar-refractivity contribution >= 4 is 23.4 Å². The summed E-state index contributed by atoms with van der Waals surface area (Å²) in [4.78, 5) is 39.2. The maximum absolute atomic E-state index is 13.0. The predicted molar refractivity (Wildman–Crippen MR) is 125 cm³/mol. The second-order valence-corrected chi connectivity index (χ2v) is 7.62. The van der Waals surface area contributed by atoms with Crippen LogP contribution in [-0.2, 0) is 11.3 Å². The molecule has 3 amide bonds. The Balaban J connectivity index is 1.56. The Kier molecular flexibility index (Phi) is 7.75. The Bertz CT molecular complexity index is 1100. The van der Waals surface area contributed by atoms with Crippen LogP contribution in [0.5, 0.6) is 0 Å². The molecule has 0 bridgehead atoms. The van der Waals surface area contributed by atoms with Crippen molar-refractivity contribution in [2.24, 2.45) is 0 Å². The number of benzene rings is 3. The molecule has 3 rings (SSSR count). The van der Waals surface area contributed by atoms with Gasteiger partial charge in [0, 0.05) is 32.1 Å². The highest BCUT2D eigenvalue weighted by Gasteiger charge is 2.17. The molecule has 164 valence electrons. The predicted octanol–water partition coefficient (Wildman–Crippen LogP) is 4.03. The highest BCUT2D eigenvalue weighted by atomic mass is 16.2. The lowest BCUT2D eigenvalue weighted by molar-refractivity contribution is -0.116. The number of nitrogens with one attached hydrogen (secondary N) is 2. The first-order valence-corrected chi connectivity index (χ1v) is 10.5. The normalized spacial score (nSPS) is 10.3. The number of rotatable bonds is 8. The molecule has 0 aliphatic rings. The molecule has 6 nitrogen and oxygen atoms in total. The largest absolute Gasteiger partial charge is 0.352 e. The molecule has 3 aromatic carbocycles. The van der Waals surface area contributed by atoms with Crippen molar-refractivity contribution in [2.45, 2.75) is 19.9 Å². The highest BCUT2D eigenvalue weighted by Crippen LogP contribution is 2.18. The van der Waals surface area contributed by atoms with Crippen LogP contribution in [0.1, 0.15) is 38.3 Å². The summed E-state index contributed by atoms with van der Waals surface area (Å²) < 4.78 is 0. The third-order valence-corrected chi connectivity index (χ3v) is 4.96. The van der Waals surface area contributed by atoms with Crippen molar-refractivity contribution < 1.29 is 14.4 Å². The van der Waals surface area contributed by atoms with E-state index in [0.29, 0.717) is 23.4 Å². The number of aryl methyl sites for hydroxylation is 1. The van der Waals surface area contributed by atoms with Crippen molar-refractivity contribution in [1.82, 2.24) is 10.2 Å². The molecular weight excluding hydrogens is 402 g/mol. The Morgan fingerprint density at radius 2 is 1.59 bits per heavy atom. The van der Waals surface area contributed by atoms with E-state index in [0.717, 1.165) is 11.1 Å². The molecule has 32 heavy (non-hydrogen) atoms. The fraction of sp³-hybridized carbons (Fsp3) is 0.192. The average Bonchev–Trinajstić information content (AvgIpc) is 2.79.